The molecule has 0 saturated carbocycles. The van der Waals surface area contributed by atoms with Crippen molar-refractivity contribution in [2.45, 2.75) is 25.6 Å². The number of nitrogens with one attached hydrogen (secondary N) is 1. The van der Waals surface area contributed by atoms with Gasteiger partial charge in [0.25, 0.3) is 0 Å². The summed E-state index contributed by atoms with van der Waals surface area (Å²) in [7, 11) is -3.48. The van der Waals surface area contributed by atoms with E-state index in [-0.39, 0.29) is 24.3 Å². The van der Waals surface area contributed by atoms with Crippen LogP contribution in [0.2, 0.25) is 0 Å². The Balaban J connectivity index is 2.23. The van der Waals surface area contributed by atoms with E-state index in [4.69, 9.17) is 5.11 Å². The van der Waals surface area contributed by atoms with E-state index in [0.717, 1.165) is 5.39 Å². The zero-order chi connectivity index (χ0) is 15.5. The molecule has 0 amide bonds. The second-order valence-corrected chi connectivity index (χ2v) is 7.07. The van der Waals surface area contributed by atoms with Gasteiger partial charge in [-0.1, -0.05) is 31.2 Å². The molecule has 0 saturated heterocycles. The molecule has 0 spiro atoms. The number of para-hydroxylation sites is 1. The minimum absolute atomic E-state index is 0.0560. The highest BCUT2D eigenvalue weighted by atomic mass is 32.2. The molecular formula is C15H20N2O3S. The van der Waals surface area contributed by atoms with Crippen LogP contribution in [-0.4, -0.2) is 31.2 Å². The average molecular weight is 308 g/mol. The number of aliphatic hydroxyl groups excluding tert-OH is 1. The molecule has 5 nitrogen and oxygen atoms in total. The third kappa shape index (κ3) is 4.00. The highest BCUT2D eigenvalue weighted by Gasteiger charge is 2.20. The normalized spacial score (nSPS) is 15.0. The minimum Gasteiger partial charge on any atom is -0.396 e. The molecule has 2 rings (SSSR count). The van der Waals surface area contributed by atoms with Crippen LogP contribution < -0.4 is 4.72 Å². The first-order valence-corrected chi connectivity index (χ1v) is 8.51. The summed E-state index contributed by atoms with van der Waals surface area (Å²) in [4.78, 5) is 4.26. The molecule has 1 aromatic carbocycles. The second kappa shape index (κ2) is 6.51. The first-order valence-electron chi connectivity index (χ1n) is 6.86. The molecule has 0 bridgehead atoms. The quantitative estimate of drug-likeness (QED) is 0.851. The van der Waals surface area contributed by atoms with Crippen LogP contribution in [0.25, 0.3) is 10.9 Å². The van der Waals surface area contributed by atoms with Crippen molar-refractivity contribution in [3.63, 3.8) is 0 Å². The van der Waals surface area contributed by atoms with Gasteiger partial charge in [-0.15, -0.1) is 0 Å². The lowest BCUT2D eigenvalue weighted by atomic mass is 10.1. The number of rotatable bonds is 6. The molecule has 2 atom stereocenters. The van der Waals surface area contributed by atoms with Crippen molar-refractivity contribution >= 4 is 20.9 Å². The summed E-state index contributed by atoms with van der Waals surface area (Å²) in [6.45, 7) is 3.49. The summed E-state index contributed by atoms with van der Waals surface area (Å²) >= 11 is 0. The van der Waals surface area contributed by atoms with E-state index in [2.05, 4.69) is 9.71 Å². The monoisotopic (exact) mass is 308 g/mol. The third-order valence-electron chi connectivity index (χ3n) is 3.57. The van der Waals surface area contributed by atoms with E-state index in [1.807, 2.05) is 24.3 Å². The van der Waals surface area contributed by atoms with Crippen LogP contribution in [0.15, 0.2) is 36.5 Å². The average Bonchev–Trinajstić information content (AvgIpc) is 2.46. The maximum atomic E-state index is 12.3. The minimum atomic E-state index is -3.48. The summed E-state index contributed by atoms with van der Waals surface area (Å²) in [6, 6.07) is 8.92. The van der Waals surface area contributed by atoms with Gasteiger partial charge in [0.1, 0.15) is 0 Å². The van der Waals surface area contributed by atoms with Crippen molar-refractivity contribution in [3.8, 4) is 0 Å². The molecule has 2 unspecified atom stereocenters. The summed E-state index contributed by atoms with van der Waals surface area (Å²) in [5.41, 5.74) is 1.37. The topological polar surface area (TPSA) is 79.3 Å². The largest absolute Gasteiger partial charge is 0.396 e. The van der Waals surface area contributed by atoms with E-state index < -0.39 is 10.0 Å². The van der Waals surface area contributed by atoms with E-state index >= 15 is 0 Å². The Labute approximate surface area is 125 Å². The fraction of sp³-hybridized carbons (Fsp3) is 0.400. The summed E-state index contributed by atoms with van der Waals surface area (Å²) < 4.78 is 27.1. The molecule has 6 heteroatoms. The third-order valence-corrected chi connectivity index (χ3v) is 4.99. The van der Waals surface area contributed by atoms with Crippen LogP contribution in [0.5, 0.6) is 0 Å². The number of aliphatic hydroxyl groups is 1. The van der Waals surface area contributed by atoms with E-state index in [1.165, 1.54) is 0 Å². The number of hydrogen-bond acceptors (Lipinski definition) is 4. The van der Waals surface area contributed by atoms with Gasteiger partial charge in [-0.3, -0.25) is 4.98 Å². The molecule has 2 N–H and O–H groups in total. The molecular weight excluding hydrogens is 288 g/mol. The molecule has 0 aliphatic rings. The zero-order valence-electron chi connectivity index (χ0n) is 12.2. The Bertz CT molecular complexity index is 710. The lowest BCUT2D eigenvalue weighted by Crippen LogP contribution is -2.38. The number of fused-ring (bicyclic) bond motifs is 1. The first-order chi connectivity index (χ1) is 9.93. The standard InChI is InChI=1S/C15H20N2O3S/c1-11(9-18)12(2)17-21(19,20)10-14-6-3-5-13-7-4-8-16-15(13)14/h3-8,11-12,17-18H,9-10H2,1-2H3. The van der Waals surface area contributed by atoms with Gasteiger partial charge in [0, 0.05) is 24.2 Å². The molecule has 1 heterocycles. The number of aromatic nitrogens is 1. The van der Waals surface area contributed by atoms with Crippen LogP contribution in [0, 0.1) is 5.92 Å². The summed E-state index contributed by atoms with van der Waals surface area (Å²) in [5, 5.41) is 10.0. The smallest absolute Gasteiger partial charge is 0.216 e. The van der Waals surface area contributed by atoms with Gasteiger partial charge in [-0.05, 0) is 24.5 Å². The van der Waals surface area contributed by atoms with Crippen LogP contribution in [0.3, 0.4) is 0 Å². The van der Waals surface area contributed by atoms with Crippen molar-refractivity contribution in [1.29, 1.82) is 0 Å². The van der Waals surface area contributed by atoms with Gasteiger partial charge in [-0.2, -0.15) is 0 Å². The Morgan fingerprint density at radius 2 is 1.95 bits per heavy atom. The van der Waals surface area contributed by atoms with Crippen LogP contribution in [0.1, 0.15) is 19.4 Å². The Morgan fingerprint density at radius 3 is 2.67 bits per heavy atom. The number of sulfonamides is 1. The Kier molecular flexibility index (Phi) is 4.92. The van der Waals surface area contributed by atoms with Crippen molar-refractivity contribution < 1.29 is 13.5 Å². The summed E-state index contributed by atoms with van der Waals surface area (Å²) in [5.74, 6) is -0.255. The maximum Gasteiger partial charge on any atom is 0.216 e. The number of pyridine rings is 1. The predicted molar refractivity (Wildman–Crippen MR) is 83.2 cm³/mol. The summed E-state index contributed by atoms with van der Waals surface area (Å²) in [6.07, 6.45) is 1.66. The fourth-order valence-electron chi connectivity index (χ4n) is 2.09. The van der Waals surface area contributed by atoms with Crippen molar-refractivity contribution in [1.82, 2.24) is 9.71 Å². The van der Waals surface area contributed by atoms with E-state index in [1.54, 1.807) is 26.1 Å². The van der Waals surface area contributed by atoms with E-state index in [9.17, 15) is 8.42 Å². The highest BCUT2D eigenvalue weighted by Crippen LogP contribution is 2.18. The molecule has 114 valence electrons. The molecule has 1 aromatic heterocycles. The predicted octanol–water partition coefficient (Wildman–Crippen LogP) is 1.67. The van der Waals surface area contributed by atoms with Crippen LogP contribution >= 0.6 is 0 Å². The molecule has 0 radical (unpaired) electrons. The Morgan fingerprint density at radius 1 is 1.24 bits per heavy atom. The number of nitrogens with zero attached hydrogens (tertiary/aromatic N) is 1. The molecule has 2 aromatic rings. The Hall–Kier alpha value is -1.50. The molecule has 0 aliphatic heterocycles. The van der Waals surface area contributed by atoms with Gasteiger partial charge >= 0.3 is 0 Å². The second-order valence-electron chi connectivity index (χ2n) is 5.32. The number of hydrogen-bond donors (Lipinski definition) is 2. The molecule has 0 aliphatic carbocycles. The van der Waals surface area contributed by atoms with Gasteiger partial charge in [0.2, 0.25) is 10.0 Å². The van der Waals surface area contributed by atoms with Crippen LogP contribution in [0.4, 0.5) is 0 Å². The van der Waals surface area contributed by atoms with Gasteiger partial charge in [0.15, 0.2) is 0 Å². The highest BCUT2D eigenvalue weighted by molar-refractivity contribution is 7.88. The van der Waals surface area contributed by atoms with Crippen molar-refractivity contribution in [2.24, 2.45) is 5.92 Å². The van der Waals surface area contributed by atoms with Gasteiger partial charge in [-0.25, -0.2) is 13.1 Å². The maximum absolute atomic E-state index is 12.3. The van der Waals surface area contributed by atoms with E-state index in [0.29, 0.717) is 11.1 Å². The van der Waals surface area contributed by atoms with Gasteiger partial charge in [0.05, 0.1) is 11.3 Å². The lowest BCUT2D eigenvalue weighted by molar-refractivity contribution is 0.216. The van der Waals surface area contributed by atoms with Crippen LogP contribution in [-0.2, 0) is 15.8 Å². The molecule has 0 fully saturated rings. The molecule has 21 heavy (non-hydrogen) atoms. The zero-order valence-corrected chi connectivity index (χ0v) is 13.0. The van der Waals surface area contributed by atoms with Crippen molar-refractivity contribution in [2.75, 3.05) is 6.61 Å². The SMILES string of the molecule is CC(CO)C(C)NS(=O)(=O)Cc1cccc2cccnc12. The number of benzene rings is 1. The van der Waals surface area contributed by atoms with Gasteiger partial charge < -0.3 is 5.11 Å². The lowest BCUT2D eigenvalue weighted by Gasteiger charge is -2.19. The fourth-order valence-corrected chi connectivity index (χ4v) is 3.61. The van der Waals surface area contributed by atoms with Crippen molar-refractivity contribution in [3.05, 3.63) is 42.1 Å². The first kappa shape index (κ1) is 15.9.